The topological polar surface area (TPSA) is 73.5 Å². The van der Waals surface area contributed by atoms with E-state index in [4.69, 9.17) is 15.2 Å². The van der Waals surface area contributed by atoms with Gasteiger partial charge in [-0.2, -0.15) is 4.98 Å². The van der Waals surface area contributed by atoms with Crippen LogP contribution in [0.2, 0.25) is 0 Å². The molecule has 0 unspecified atom stereocenters. The van der Waals surface area contributed by atoms with Gasteiger partial charge in [0.25, 0.3) is 0 Å². The molecule has 2 N–H and O–H groups in total. The van der Waals surface area contributed by atoms with Gasteiger partial charge in [-0.25, -0.2) is 0 Å². The normalized spacial score (nSPS) is 10.5. The lowest BCUT2D eigenvalue weighted by molar-refractivity contribution is 0.205. The Balaban J connectivity index is 2.69. The van der Waals surface area contributed by atoms with E-state index in [0.29, 0.717) is 25.6 Å². The van der Waals surface area contributed by atoms with Gasteiger partial charge in [0.15, 0.2) is 5.82 Å². The average Bonchev–Trinajstić information content (AvgIpc) is 2.45. The zero-order chi connectivity index (χ0) is 13.9. The van der Waals surface area contributed by atoms with Crippen LogP contribution in [0.5, 0.6) is 5.88 Å². The summed E-state index contributed by atoms with van der Waals surface area (Å²) in [6.07, 6.45) is 5.24. The fourth-order valence-electron chi connectivity index (χ4n) is 1.59. The Kier molecular flexibility index (Phi) is 7.84. The number of aromatic nitrogens is 2. The summed E-state index contributed by atoms with van der Waals surface area (Å²) in [7, 11) is 1.69. The number of nitrogens with two attached hydrogens (primary N) is 1. The molecule has 0 aromatic carbocycles. The van der Waals surface area contributed by atoms with Crippen LogP contribution in [-0.4, -0.2) is 49.9 Å². The minimum atomic E-state index is 0.564. The van der Waals surface area contributed by atoms with Crippen LogP contribution in [0.4, 0.5) is 5.82 Å². The Hall–Kier alpha value is -1.40. The van der Waals surface area contributed by atoms with Crippen molar-refractivity contribution in [3.63, 3.8) is 0 Å². The quantitative estimate of drug-likeness (QED) is 0.684. The number of methoxy groups -OCH3 is 1. The second-order valence-electron chi connectivity index (χ2n) is 4.19. The molecule has 0 saturated heterocycles. The van der Waals surface area contributed by atoms with Crippen LogP contribution >= 0.6 is 0 Å². The van der Waals surface area contributed by atoms with E-state index in [1.165, 1.54) is 0 Å². The van der Waals surface area contributed by atoms with Gasteiger partial charge >= 0.3 is 0 Å². The van der Waals surface area contributed by atoms with E-state index in [-0.39, 0.29) is 0 Å². The Morgan fingerprint density at radius 3 is 2.79 bits per heavy atom. The number of hydrogen-bond donors (Lipinski definition) is 1. The molecular weight excluding hydrogens is 244 g/mol. The Labute approximate surface area is 114 Å². The first kappa shape index (κ1) is 15.7. The standard InChI is InChI=1S/C13H24N4O2/c1-3-8-19-13-11-15-10-12(16-13)17(6-4-5-14)7-9-18-2/h10-11H,3-9,14H2,1-2H3. The summed E-state index contributed by atoms with van der Waals surface area (Å²) in [4.78, 5) is 10.7. The van der Waals surface area contributed by atoms with Crippen molar-refractivity contribution in [2.75, 3.05) is 44.9 Å². The number of anilines is 1. The van der Waals surface area contributed by atoms with Gasteiger partial charge in [-0.15, -0.1) is 0 Å². The number of hydrogen-bond acceptors (Lipinski definition) is 6. The van der Waals surface area contributed by atoms with Crippen molar-refractivity contribution in [1.29, 1.82) is 0 Å². The highest BCUT2D eigenvalue weighted by atomic mass is 16.5. The van der Waals surface area contributed by atoms with Gasteiger partial charge in [-0.3, -0.25) is 4.98 Å². The zero-order valence-electron chi connectivity index (χ0n) is 11.8. The lowest BCUT2D eigenvalue weighted by Crippen LogP contribution is -2.30. The van der Waals surface area contributed by atoms with E-state index in [1.54, 1.807) is 19.5 Å². The van der Waals surface area contributed by atoms with Gasteiger partial charge in [0.05, 0.1) is 25.6 Å². The van der Waals surface area contributed by atoms with E-state index in [9.17, 15) is 0 Å². The van der Waals surface area contributed by atoms with Gasteiger partial charge in [0.2, 0.25) is 5.88 Å². The summed E-state index contributed by atoms with van der Waals surface area (Å²) in [5.41, 5.74) is 5.56. The van der Waals surface area contributed by atoms with Crippen LogP contribution in [0.1, 0.15) is 19.8 Å². The third-order valence-corrected chi connectivity index (χ3v) is 2.58. The molecule has 0 amide bonds. The molecule has 1 heterocycles. The maximum Gasteiger partial charge on any atom is 0.234 e. The van der Waals surface area contributed by atoms with Crippen LogP contribution in [-0.2, 0) is 4.74 Å². The van der Waals surface area contributed by atoms with E-state index in [2.05, 4.69) is 21.8 Å². The first-order chi connectivity index (χ1) is 9.31. The monoisotopic (exact) mass is 268 g/mol. The van der Waals surface area contributed by atoms with Crippen molar-refractivity contribution in [3.05, 3.63) is 12.4 Å². The van der Waals surface area contributed by atoms with Crippen molar-refractivity contribution < 1.29 is 9.47 Å². The molecule has 6 nitrogen and oxygen atoms in total. The van der Waals surface area contributed by atoms with Crippen LogP contribution in [0.25, 0.3) is 0 Å². The summed E-state index contributed by atoms with van der Waals surface area (Å²) >= 11 is 0. The number of nitrogens with zero attached hydrogens (tertiary/aromatic N) is 3. The number of rotatable bonds is 10. The molecule has 0 fully saturated rings. The summed E-state index contributed by atoms with van der Waals surface area (Å²) < 4.78 is 10.6. The first-order valence-corrected chi connectivity index (χ1v) is 6.70. The second-order valence-corrected chi connectivity index (χ2v) is 4.19. The largest absolute Gasteiger partial charge is 0.477 e. The molecule has 1 aromatic rings. The van der Waals surface area contributed by atoms with E-state index < -0.39 is 0 Å². The van der Waals surface area contributed by atoms with E-state index >= 15 is 0 Å². The third-order valence-electron chi connectivity index (χ3n) is 2.58. The maximum absolute atomic E-state index is 5.56. The van der Waals surface area contributed by atoms with Crippen molar-refractivity contribution >= 4 is 5.82 Å². The highest BCUT2D eigenvalue weighted by Gasteiger charge is 2.09. The molecule has 1 aromatic heterocycles. The van der Waals surface area contributed by atoms with Crippen LogP contribution in [0.15, 0.2) is 12.4 Å². The molecule has 0 saturated carbocycles. The second kappa shape index (κ2) is 9.52. The molecule has 0 spiro atoms. The lowest BCUT2D eigenvalue weighted by atomic mass is 10.3. The van der Waals surface area contributed by atoms with Gasteiger partial charge in [-0.1, -0.05) is 6.92 Å². The van der Waals surface area contributed by atoms with Crippen molar-refractivity contribution in [3.8, 4) is 5.88 Å². The summed E-state index contributed by atoms with van der Waals surface area (Å²) in [5, 5.41) is 0. The van der Waals surface area contributed by atoms with Crippen molar-refractivity contribution in [2.45, 2.75) is 19.8 Å². The smallest absolute Gasteiger partial charge is 0.234 e. The highest BCUT2D eigenvalue weighted by molar-refractivity contribution is 5.37. The fourth-order valence-corrected chi connectivity index (χ4v) is 1.59. The van der Waals surface area contributed by atoms with Gasteiger partial charge < -0.3 is 20.1 Å². The highest BCUT2D eigenvalue weighted by Crippen LogP contribution is 2.14. The van der Waals surface area contributed by atoms with Gasteiger partial charge in [0, 0.05) is 20.2 Å². The molecule has 108 valence electrons. The molecule has 0 aliphatic carbocycles. The summed E-state index contributed by atoms with van der Waals surface area (Å²) in [6, 6.07) is 0. The summed E-state index contributed by atoms with van der Waals surface area (Å²) in [6.45, 7) is 5.62. The molecule has 6 heteroatoms. The van der Waals surface area contributed by atoms with Crippen LogP contribution in [0.3, 0.4) is 0 Å². The Morgan fingerprint density at radius 1 is 1.26 bits per heavy atom. The molecular formula is C13H24N4O2. The molecule has 0 atom stereocenters. The predicted molar refractivity (Wildman–Crippen MR) is 75.6 cm³/mol. The predicted octanol–water partition coefficient (Wildman–Crippen LogP) is 1.07. The molecule has 19 heavy (non-hydrogen) atoms. The molecule has 0 aliphatic heterocycles. The van der Waals surface area contributed by atoms with Gasteiger partial charge in [-0.05, 0) is 19.4 Å². The third kappa shape index (κ3) is 5.85. The Bertz CT molecular complexity index is 341. The maximum atomic E-state index is 5.56. The van der Waals surface area contributed by atoms with Crippen molar-refractivity contribution in [2.24, 2.45) is 5.73 Å². The summed E-state index contributed by atoms with van der Waals surface area (Å²) in [5.74, 6) is 1.37. The van der Waals surface area contributed by atoms with Gasteiger partial charge in [0.1, 0.15) is 0 Å². The molecule has 0 aliphatic rings. The van der Waals surface area contributed by atoms with Crippen LogP contribution in [0, 0.1) is 0 Å². The molecule has 1 rings (SSSR count). The van der Waals surface area contributed by atoms with E-state index in [0.717, 1.165) is 31.7 Å². The zero-order valence-corrected chi connectivity index (χ0v) is 11.8. The van der Waals surface area contributed by atoms with Crippen LogP contribution < -0.4 is 15.4 Å². The van der Waals surface area contributed by atoms with Crippen molar-refractivity contribution in [1.82, 2.24) is 9.97 Å². The lowest BCUT2D eigenvalue weighted by Gasteiger charge is -2.23. The first-order valence-electron chi connectivity index (χ1n) is 6.70. The minimum absolute atomic E-state index is 0.564. The SMILES string of the molecule is CCCOc1cncc(N(CCCN)CCOC)n1. The number of ether oxygens (including phenoxy) is 2. The Morgan fingerprint density at radius 2 is 2.11 bits per heavy atom. The minimum Gasteiger partial charge on any atom is -0.477 e. The van der Waals surface area contributed by atoms with E-state index in [1.807, 2.05) is 0 Å². The fraction of sp³-hybridized carbons (Fsp3) is 0.692. The molecule has 0 bridgehead atoms. The average molecular weight is 268 g/mol. The molecule has 0 radical (unpaired) electrons.